The zero-order valence-corrected chi connectivity index (χ0v) is 10.8. The second-order valence-corrected chi connectivity index (χ2v) is 4.84. The highest BCUT2D eigenvalue weighted by atomic mass is 79.9. The molecule has 1 aromatic rings. The Morgan fingerprint density at radius 1 is 1.36 bits per heavy atom. The second-order valence-electron chi connectivity index (χ2n) is 2.78. The minimum atomic E-state index is 0.545. The van der Waals surface area contributed by atoms with Gasteiger partial charge in [-0.25, -0.2) is 9.97 Å². The number of anilines is 1. The monoisotopic (exact) mass is 275 g/mol. The Kier molecular flexibility index (Phi) is 4.68. The number of hydrogen-bond acceptors (Lipinski definition) is 4. The third-order valence-corrected chi connectivity index (χ3v) is 3.50. The van der Waals surface area contributed by atoms with E-state index in [-0.39, 0.29) is 0 Å². The second kappa shape index (κ2) is 5.56. The van der Waals surface area contributed by atoms with E-state index >= 15 is 0 Å². The number of nitrogens with zero attached hydrogens (tertiary/aromatic N) is 2. The van der Waals surface area contributed by atoms with E-state index < -0.39 is 0 Å². The van der Waals surface area contributed by atoms with Crippen molar-refractivity contribution in [2.75, 3.05) is 11.5 Å². The summed E-state index contributed by atoms with van der Waals surface area (Å²) in [6.45, 7) is 4.18. The van der Waals surface area contributed by atoms with Gasteiger partial charge >= 0.3 is 0 Å². The number of thioether (sulfide) groups is 1. The predicted octanol–water partition coefficient (Wildman–Crippen LogP) is 2.64. The summed E-state index contributed by atoms with van der Waals surface area (Å²) >= 11 is 5.18. The van der Waals surface area contributed by atoms with Crippen LogP contribution in [0.1, 0.15) is 25.4 Å². The summed E-state index contributed by atoms with van der Waals surface area (Å²) in [5.74, 6) is 3.28. The van der Waals surface area contributed by atoms with Crippen molar-refractivity contribution in [2.24, 2.45) is 0 Å². The lowest BCUT2D eigenvalue weighted by Crippen LogP contribution is -2.04. The molecule has 0 saturated carbocycles. The van der Waals surface area contributed by atoms with E-state index in [0.29, 0.717) is 5.82 Å². The molecule has 0 aliphatic carbocycles. The minimum Gasteiger partial charge on any atom is -0.383 e. The fourth-order valence-electron chi connectivity index (χ4n) is 1.06. The van der Waals surface area contributed by atoms with Crippen LogP contribution in [0.3, 0.4) is 0 Å². The average Bonchev–Trinajstić information content (AvgIpc) is 2.19. The molecule has 1 heterocycles. The van der Waals surface area contributed by atoms with Gasteiger partial charge in [-0.1, -0.05) is 13.8 Å². The maximum absolute atomic E-state index is 5.76. The quantitative estimate of drug-likeness (QED) is 0.918. The highest BCUT2D eigenvalue weighted by Crippen LogP contribution is 2.22. The van der Waals surface area contributed by atoms with Gasteiger partial charge in [0.1, 0.15) is 11.6 Å². The molecule has 0 atom stereocenters. The molecule has 1 aromatic heterocycles. The molecule has 3 nitrogen and oxygen atoms in total. The Hall–Kier alpha value is -0.290. The van der Waals surface area contributed by atoms with E-state index in [2.05, 4.69) is 39.7 Å². The molecule has 14 heavy (non-hydrogen) atoms. The van der Waals surface area contributed by atoms with E-state index in [1.807, 2.05) is 0 Å². The van der Waals surface area contributed by atoms with E-state index in [0.717, 1.165) is 33.9 Å². The van der Waals surface area contributed by atoms with Gasteiger partial charge in [-0.3, -0.25) is 0 Å². The molecule has 0 bridgehead atoms. The number of aromatic nitrogens is 2. The van der Waals surface area contributed by atoms with Crippen LogP contribution in [0.25, 0.3) is 0 Å². The number of nitrogen functional groups attached to an aromatic ring is 1. The van der Waals surface area contributed by atoms with Crippen molar-refractivity contribution < 1.29 is 0 Å². The summed E-state index contributed by atoms with van der Waals surface area (Å²) in [6.07, 6.45) is 0.872. The first-order valence-corrected chi connectivity index (χ1v) is 6.52. The maximum atomic E-state index is 5.76. The van der Waals surface area contributed by atoms with Crippen LogP contribution in [0.4, 0.5) is 5.82 Å². The number of nitrogens with two attached hydrogens (primary N) is 1. The molecule has 0 amide bonds. The Morgan fingerprint density at radius 2 is 2.07 bits per heavy atom. The first-order valence-electron chi connectivity index (χ1n) is 4.57. The molecular formula is C9H14BrN3S. The van der Waals surface area contributed by atoms with Gasteiger partial charge in [0, 0.05) is 0 Å². The van der Waals surface area contributed by atoms with Gasteiger partial charge in [-0.15, -0.1) is 0 Å². The SMILES string of the molecule is CCSCc1nc(N)c(Br)c(CC)n1. The van der Waals surface area contributed by atoms with Crippen LogP contribution in [0.15, 0.2) is 4.47 Å². The molecule has 0 aliphatic rings. The average molecular weight is 276 g/mol. The molecule has 2 N–H and O–H groups in total. The van der Waals surface area contributed by atoms with Gasteiger partial charge in [-0.05, 0) is 28.1 Å². The van der Waals surface area contributed by atoms with E-state index in [9.17, 15) is 0 Å². The molecule has 0 saturated heterocycles. The first-order chi connectivity index (χ1) is 6.69. The zero-order valence-electron chi connectivity index (χ0n) is 8.38. The normalized spacial score (nSPS) is 10.5. The van der Waals surface area contributed by atoms with Crippen molar-refractivity contribution in [3.63, 3.8) is 0 Å². The summed E-state index contributed by atoms with van der Waals surface area (Å²) in [5, 5.41) is 0. The third kappa shape index (κ3) is 2.85. The molecule has 78 valence electrons. The zero-order chi connectivity index (χ0) is 10.6. The highest BCUT2D eigenvalue weighted by Gasteiger charge is 2.07. The highest BCUT2D eigenvalue weighted by molar-refractivity contribution is 9.10. The van der Waals surface area contributed by atoms with Crippen LogP contribution in [-0.2, 0) is 12.2 Å². The third-order valence-electron chi connectivity index (χ3n) is 1.76. The van der Waals surface area contributed by atoms with Crippen LogP contribution >= 0.6 is 27.7 Å². The topological polar surface area (TPSA) is 51.8 Å². The lowest BCUT2D eigenvalue weighted by molar-refractivity contribution is 0.934. The largest absolute Gasteiger partial charge is 0.383 e. The van der Waals surface area contributed by atoms with Gasteiger partial charge in [0.05, 0.1) is 15.9 Å². The van der Waals surface area contributed by atoms with E-state index in [4.69, 9.17) is 5.73 Å². The van der Waals surface area contributed by atoms with Crippen molar-refractivity contribution in [2.45, 2.75) is 26.0 Å². The summed E-state index contributed by atoms with van der Waals surface area (Å²) in [5.41, 5.74) is 6.75. The fraction of sp³-hybridized carbons (Fsp3) is 0.556. The molecule has 0 fully saturated rings. The summed E-state index contributed by atoms with van der Waals surface area (Å²) in [7, 11) is 0. The lowest BCUT2D eigenvalue weighted by atomic mass is 10.3. The fourth-order valence-corrected chi connectivity index (χ4v) is 2.03. The molecular weight excluding hydrogens is 262 g/mol. The van der Waals surface area contributed by atoms with E-state index in [1.54, 1.807) is 11.8 Å². The Labute approximate surface area is 97.0 Å². The van der Waals surface area contributed by atoms with Crippen molar-refractivity contribution in [3.05, 3.63) is 16.0 Å². The molecule has 0 unspecified atom stereocenters. The lowest BCUT2D eigenvalue weighted by Gasteiger charge is -2.06. The Bertz CT molecular complexity index is 317. The van der Waals surface area contributed by atoms with Crippen LogP contribution in [0, 0.1) is 0 Å². The van der Waals surface area contributed by atoms with Gasteiger partial charge in [0.25, 0.3) is 0 Å². The molecule has 0 aromatic carbocycles. The van der Waals surface area contributed by atoms with Crippen molar-refractivity contribution in [3.8, 4) is 0 Å². The van der Waals surface area contributed by atoms with Crippen LogP contribution in [0.2, 0.25) is 0 Å². The first kappa shape index (κ1) is 11.8. The maximum Gasteiger partial charge on any atom is 0.141 e. The standard InChI is InChI=1S/C9H14BrN3S/c1-3-6-8(10)9(11)13-7(12-6)5-14-4-2/h3-5H2,1-2H3,(H2,11,12,13). The Balaban J connectivity index is 2.91. The number of rotatable bonds is 4. The van der Waals surface area contributed by atoms with Crippen LogP contribution in [0.5, 0.6) is 0 Å². The minimum absolute atomic E-state index is 0.545. The van der Waals surface area contributed by atoms with Crippen molar-refractivity contribution in [1.29, 1.82) is 0 Å². The molecule has 0 aliphatic heterocycles. The van der Waals surface area contributed by atoms with Crippen molar-refractivity contribution in [1.82, 2.24) is 9.97 Å². The van der Waals surface area contributed by atoms with Gasteiger partial charge in [0.2, 0.25) is 0 Å². The molecule has 0 spiro atoms. The van der Waals surface area contributed by atoms with Gasteiger partial charge in [0.15, 0.2) is 0 Å². The van der Waals surface area contributed by atoms with Crippen LogP contribution < -0.4 is 5.73 Å². The summed E-state index contributed by atoms with van der Waals surface area (Å²) < 4.78 is 0.838. The molecule has 1 rings (SSSR count). The smallest absolute Gasteiger partial charge is 0.141 e. The number of aryl methyl sites for hydroxylation is 1. The summed E-state index contributed by atoms with van der Waals surface area (Å²) in [4.78, 5) is 8.65. The van der Waals surface area contributed by atoms with Crippen molar-refractivity contribution >= 4 is 33.5 Å². The molecule has 5 heteroatoms. The number of halogens is 1. The summed E-state index contributed by atoms with van der Waals surface area (Å²) in [6, 6.07) is 0. The predicted molar refractivity (Wildman–Crippen MR) is 65.4 cm³/mol. The van der Waals surface area contributed by atoms with E-state index in [1.165, 1.54) is 0 Å². The Morgan fingerprint density at radius 3 is 2.64 bits per heavy atom. The van der Waals surface area contributed by atoms with Gasteiger partial charge < -0.3 is 5.73 Å². The van der Waals surface area contributed by atoms with Gasteiger partial charge in [-0.2, -0.15) is 11.8 Å². The molecule has 0 radical (unpaired) electrons. The number of hydrogen-bond donors (Lipinski definition) is 1. The van der Waals surface area contributed by atoms with Crippen LogP contribution in [-0.4, -0.2) is 15.7 Å².